The molecule has 0 aromatic heterocycles. The molecule has 0 N–H and O–H groups in total. The Labute approximate surface area is 91.9 Å². The van der Waals surface area contributed by atoms with Crippen molar-refractivity contribution in [2.45, 2.75) is 19.8 Å². The smallest absolute Gasteiger partial charge is 0.302 e. The molecular formula is C6H11IO2Zn-. The van der Waals surface area contributed by atoms with Crippen molar-refractivity contribution in [2.75, 3.05) is 6.61 Å². The summed E-state index contributed by atoms with van der Waals surface area (Å²) in [5.74, 6) is -0.210. The molecule has 0 saturated carbocycles. The summed E-state index contributed by atoms with van der Waals surface area (Å²) < 4.78 is 4.60. The van der Waals surface area contributed by atoms with Gasteiger partial charge in [0.1, 0.15) is 0 Å². The molecule has 0 aromatic rings. The van der Waals surface area contributed by atoms with E-state index in [0.717, 1.165) is 12.8 Å². The second-order valence-corrected chi connectivity index (χ2v) is 1.55. The van der Waals surface area contributed by atoms with E-state index in [2.05, 4.69) is 11.7 Å². The van der Waals surface area contributed by atoms with Gasteiger partial charge in [-0.1, -0.05) is 13.3 Å². The first-order valence-corrected chi connectivity index (χ1v) is 2.70. The predicted molar refractivity (Wildman–Crippen MR) is 31.2 cm³/mol. The molecule has 2 nitrogen and oxygen atoms in total. The Balaban J connectivity index is -0.000000245. The molecule has 0 aliphatic heterocycles. The zero-order valence-corrected chi connectivity index (χ0v) is 11.4. The van der Waals surface area contributed by atoms with Gasteiger partial charge in [0.25, 0.3) is 0 Å². The van der Waals surface area contributed by atoms with E-state index in [1.807, 2.05) is 0 Å². The second-order valence-electron chi connectivity index (χ2n) is 1.55. The summed E-state index contributed by atoms with van der Waals surface area (Å²) in [5.41, 5.74) is 0. The molecule has 57 valence electrons. The molecule has 0 unspecified atom stereocenters. The van der Waals surface area contributed by atoms with Gasteiger partial charge in [-0.3, -0.25) is 4.79 Å². The molecular weight excluding hydrogens is 296 g/mol. The van der Waals surface area contributed by atoms with Crippen molar-refractivity contribution < 1.29 is 53.0 Å². The molecule has 0 atom stereocenters. The van der Waals surface area contributed by atoms with E-state index in [9.17, 15) is 4.79 Å². The Kier molecular flexibility index (Phi) is 21.3. The summed E-state index contributed by atoms with van der Waals surface area (Å²) in [7, 11) is 0. The van der Waals surface area contributed by atoms with E-state index >= 15 is 0 Å². The molecule has 10 heavy (non-hydrogen) atoms. The fourth-order valence-electron chi connectivity index (χ4n) is 0.318. The number of esters is 1. The summed E-state index contributed by atoms with van der Waals surface area (Å²) in [4.78, 5) is 10.1. The summed E-state index contributed by atoms with van der Waals surface area (Å²) in [6.45, 7) is 5.51. The number of hydrogen-bond acceptors (Lipinski definition) is 2. The maximum Gasteiger partial charge on any atom is 0.302 e. The van der Waals surface area contributed by atoms with Crippen molar-refractivity contribution in [3.63, 3.8) is 0 Å². The van der Waals surface area contributed by atoms with Gasteiger partial charge in [-0.15, -0.1) is 0 Å². The summed E-state index contributed by atoms with van der Waals surface area (Å²) in [5, 5.41) is 0. The van der Waals surface area contributed by atoms with E-state index in [0.29, 0.717) is 6.61 Å². The van der Waals surface area contributed by atoms with Crippen LogP contribution in [0.5, 0.6) is 0 Å². The molecule has 0 spiro atoms. The van der Waals surface area contributed by atoms with E-state index in [1.54, 1.807) is 0 Å². The van der Waals surface area contributed by atoms with Gasteiger partial charge in [-0.2, -0.15) is 0 Å². The van der Waals surface area contributed by atoms with Crippen LogP contribution in [0.4, 0.5) is 0 Å². The van der Waals surface area contributed by atoms with Crippen LogP contribution in [0.15, 0.2) is 0 Å². The fraction of sp³-hybridized carbons (Fsp3) is 0.667. The normalized spacial score (nSPS) is 7.00. The standard InChI is InChI=1S/C6H11O2.HI.Zn/c1-3-4-5-8-6(2)7;;/h1,3-5H2,2H3;1H;/p-1. The van der Waals surface area contributed by atoms with Gasteiger partial charge in [0.2, 0.25) is 0 Å². The maximum atomic E-state index is 10.1. The molecule has 0 fully saturated rings. The number of halogens is 1. The van der Waals surface area contributed by atoms with Crippen LogP contribution in [0.25, 0.3) is 0 Å². The van der Waals surface area contributed by atoms with E-state index in [-0.39, 0.29) is 49.4 Å². The van der Waals surface area contributed by atoms with Crippen LogP contribution < -0.4 is 24.0 Å². The van der Waals surface area contributed by atoms with Gasteiger partial charge in [-0.05, 0) is 6.42 Å². The topological polar surface area (TPSA) is 26.3 Å². The largest absolute Gasteiger partial charge is 1.00 e. The maximum absolute atomic E-state index is 10.1. The monoisotopic (exact) mass is 306 g/mol. The zero-order chi connectivity index (χ0) is 6.41. The van der Waals surface area contributed by atoms with Crippen molar-refractivity contribution in [1.29, 1.82) is 0 Å². The minimum absolute atomic E-state index is 0. The Bertz CT molecular complexity index is 78.1. The molecule has 0 saturated heterocycles. The third-order valence-electron chi connectivity index (χ3n) is 0.700. The molecule has 0 aromatic carbocycles. The molecule has 0 amide bonds. The first-order chi connectivity index (χ1) is 3.77. The van der Waals surface area contributed by atoms with Crippen molar-refractivity contribution in [3.05, 3.63) is 6.92 Å². The zero-order valence-electron chi connectivity index (χ0n) is 6.23. The van der Waals surface area contributed by atoms with Crippen LogP contribution in [-0.4, -0.2) is 12.6 Å². The third-order valence-corrected chi connectivity index (χ3v) is 0.700. The van der Waals surface area contributed by atoms with Crippen LogP contribution in [0.2, 0.25) is 0 Å². The van der Waals surface area contributed by atoms with Crippen LogP contribution >= 0.6 is 0 Å². The van der Waals surface area contributed by atoms with E-state index in [4.69, 9.17) is 0 Å². The van der Waals surface area contributed by atoms with Crippen LogP contribution in [-0.2, 0) is 29.0 Å². The van der Waals surface area contributed by atoms with Crippen LogP contribution in [0.3, 0.4) is 0 Å². The van der Waals surface area contributed by atoms with Gasteiger partial charge >= 0.3 is 5.97 Å². The van der Waals surface area contributed by atoms with Gasteiger partial charge in [0, 0.05) is 26.4 Å². The number of unbranched alkanes of at least 4 members (excludes halogenated alkanes) is 1. The van der Waals surface area contributed by atoms with Gasteiger partial charge in [0.05, 0.1) is 6.61 Å². The van der Waals surface area contributed by atoms with E-state index in [1.165, 1.54) is 6.92 Å². The first kappa shape index (κ1) is 17.1. The Morgan fingerprint density at radius 1 is 1.60 bits per heavy atom. The van der Waals surface area contributed by atoms with Crippen molar-refractivity contribution in [3.8, 4) is 0 Å². The minimum atomic E-state index is -0.210. The molecule has 0 aliphatic carbocycles. The Morgan fingerprint density at radius 3 is 2.40 bits per heavy atom. The average molecular weight is 307 g/mol. The first-order valence-electron chi connectivity index (χ1n) is 2.70. The predicted octanol–water partition coefficient (Wildman–Crippen LogP) is -1.83. The molecule has 1 radical (unpaired) electrons. The Hall–Kier alpha value is 0.823. The van der Waals surface area contributed by atoms with Gasteiger partial charge < -0.3 is 28.7 Å². The minimum Gasteiger partial charge on any atom is -1.00 e. The van der Waals surface area contributed by atoms with Crippen LogP contribution in [0, 0.1) is 6.92 Å². The number of rotatable bonds is 3. The third kappa shape index (κ3) is 15.9. The number of hydrogen-bond donors (Lipinski definition) is 0. The van der Waals surface area contributed by atoms with Crippen molar-refractivity contribution >= 4 is 5.97 Å². The SMILES string of the molecule is [CH2]CCCOC(C)=O.[I-].[Zn]. The molecule has 0 aliphatic rings. The summed E-state index contributed by atoms with van der Waals surface area (Å²) in [6.07, 6.45) is 1.69. The van der Waals surface area contributed by atoms with Crippen molar-refractivity contribution in [1.82, 2.24) is 0 Å². The fourth-order valence-corrected chi connectivity index (χ4v) is 0.318. The molecule has 4 heteroatoms. The van der Waals surface area contributed by atoms with Crippen molar-refractivity contribution in [2.24, 2.45) is 0 Å². The molecule has 0 rings (SSSR count). The summed E-state index contributed by atoms with van der Waals surface area (Å²) >= 11 is 0. The molecule has 0 bridgehead atoms. The quantitative estimate of drug-likeness (QED) is 0.265. The van der Waals surface area contributed by atoms with Crippen LogP contribution in [0.1, 0.15) is 19.8 Å². The number of carbonyl (C=O) groups is 1. The Morgan fingerprint density at radius 2 is 2.10 bits per heavy atom. The molecule has 0 heterocycles. The number of ether oxygens (including phenoxy) is 1. The number of carbonyl (C=O) groups excluding carboxylic acids is 1. The van der Waals surface area contributed by atoms with Gasteiger partial charge in [0.15, 0.2) is 0 Å². The second kappa shape index (κ2) is 12.5. The van der Waals surface area contributed by atoms with Gasteiger partial charge in [-0.25, -0.2) is 0 Å². The average Bonchev–Trinajstić information content (AvgIpc) is 1.66. The summed E-state index contributed by atoms with van der Waals surface area (Å²) in [6, 6.07) is 0. The van der Waals surface area contributed by atoms with E-state index < -0.39 is 0 Å².